The Morgan fingerprint density at radius 2 is 1.70 bits per heavy atom. The molecule has 1 amide bonds. The van der Waals surface area contributed by atoms with Gasteiger partial charge in [0.25, 0.3) is 0 Å². The number of carbonyl (C=O) groups is 2. The van der Waals surface area contributed by atoms with Crippen molar-refractivity contribution in [3.05, 3.63) is 36.4 Å². The van der Waals surface area contributed by atoms with Crippen LogP contribution in [0.2, 0.25) is 0 Å². The van der Waals surface area contributed by atoms with Crippen molar-refractivity contribution in [1.82, 2.24) is 10.6 Å². The van der Waals surface area contributed by atoms with Crippen molar-refractivity contribution in [1.29, 1.82) is 0 Å². The Hall–Kier alpha value is -2.84. The molecule has 0 heterocycles. The summed E-state index contributed by atoms with van der Waals surface area (Å²) in [6, 6.07) is 6.14. The zero-order valence-corrected chi connectivity index (χ0v) is 21.4. The third-order valence-corrected chi connectivity index (χ3v) is 3.80. The number of allylic oxidation sites excluding steroid dienone is 1. The van der Waals surface area contributed by atoms with Crippen LogP contribution < -0.4 is 16.0 Å². The van der Waals surface area contributed by atoms with Gasteiger partial charge in [0, 0.05) is 32.1 Å². The van der Waals surface area contributed by atoms with Gasteiger partial charge < -0.3 is 21.1 Å². The number of nitrogens with zero attached hydrogens (tertiary/aromatic N) is 2. The Morgan fingerprint density at radius 3 is 2.18 bits per heavy atom. The summed E-state index contributed by atoms with van der Waals surface area (Å²) >= 11 is 0. The summed E-state index contributed by atoms with van der Waals surface area (Å²) in [6.07, 6.45) is 5.95. The first kappa shape index (κ1) is 34.8. The number of carboxylic acid groups (broad SMARTS) is 1. The van der Waals surface area contributed by atoms with Crippen molar-refractivity contribution >= 4 is 36.2 Å². The maximum atomic E-state index is 10.4. The molecule has 8 nitrogen and oxygen atoms in total. The Kier molecular flexibility index (Phi) is 28.6. The Bertz CT molecular complexity index is 670. The summed E-state index contributed by atoms with van der Waals surface area (Å²) in [5.41, 5.74) is 4.09. The number of aryl methyl sites for hydroxylation is 1. The number of hydrogen-bond donors (Lipinski definition) is 4. The normalized spacial score (nSPS) is 9.58. The first-order chi connectivity index (χ1) is 15.9. The molecular formula is C25H45N5O3. The molecule has 1 aromatic rings. The molecule has 0 aliphatic carbocycles. The minimum atomic E-state index is -0.716. The number of benzene rings is 1. The predicted molar refractivity (Wildman–Crippen MR) is 144 cm³/mol. The fourth-order valence-electron chi connectivity index (χ4n) is 2.35. The maximum absolute atomic E-state index is 10.4. The van der Waals surface area contributed by atoms with Crippen molar-refractivity contribution in [2.75, 3.05) is 39.5 Å². The standard InChI is InChI=1S/C19H29N3O2.C2H3NO.C2H7N.C2H6/c1-4-16(11-13-21-12-7-5-6-8-19(23)24)22-17-10-9-15(2)14-18(17)20-3;1-3-2-4;1-3-2;1-2/h4,9-10,14,20-21H,1,5-8,11-13H2,2-3H3,(H,23,24);2H,1H2;3H,1-2H3;1-2H3. The van der Waals surface area contributed by atoms with Crippen LogP contribution in [0.3, 0.4) is 0 Å². The van der Waals surface area contributed by atoms with Crippen LogP contribution in [0.1, 0.15) is 51.5 Å². The molecule has 0 radical (unpaired) electrons. The van der Waals surface area contributed by atoms with E-state index in [0.29, 0.717) is 6.41 Å². The van der Waals surface area contributed by atoms with E-state index >= 15 is 0 Å². The van der Waals surface area contributed by atoms with Gasteiger partial charge in [0.1, 0.15) is 0 Å². The molecule has 0 bridgehead atoms. The molecule has 1 aromatic carbocycles. The van der Waals surface area contributed by atoms with Crippen LogP contribution >= 0.6 is 0 Å². The molecule has 4 N–H and O–H groups in total. The van der Waals surface area contributed by atoms with Gasteiger partial charge in [-0.15, -0.1) is 0 Å². The molecular weight excluding hydrogens is 418 g/mol. The number of aliphatic imine (C=N–C) groups is 2. The third-order valence-electron chi connectivity index (χ3n) is 3.80. The van der Waals surface area contributed by atoms with Crippen molar-refractivity contribution in [2.45, 2.75) is 52.9 Å². The van der Waals surface area contributed by atoms with E-state index in [1.807, 2.05) is 41.1 Å². The number of rotatable bonds is 13. The van der Waals surface area contributed by atoms with Crippen molar-refractivity contribution in [3.8, 4) is 0 Å². The third kappa shape index (κ3) is 23.6. The van der Waals surface area contributed by atoms with E-state index in [2.05, 4.69) is 58.3 Å². The van der Waals surface area contributed by atoms with Gasteiger partial charge in [0.15, 0.2) is 0 Å². The second kappa shape index (κ2) is 27.2. The monoisotopic (exact) mass is 463 g/mol. The predicted octanol–water partition coefficient (Wildman–Crippen LogP) is 4.63. The summed E-state index contributed by atoms with van der Waals surface area (Å²) in [6.45, 7) is 14.5. The van der Waals surface area contributed by atoms with Crippen LogP contribution in [0.4, 0.5) is 11.4 Å². The lowest BCUT2D eigenvalue weighted by Crippen LogP contribution is -2.19. The molecule has 0 aromatic heterocycles. The highest BCUT2D eigenvalue weighted by Gasteiger charge is 2.02. The second-order valence-corrected chi connectivity index (χ2v) is 6.57. The molecule has 0 aliphatic heterocycles. The molecule has 0 saturated heterocycles. The number of nitrogens with one attached hydrogen (secondary N) is 3. The molecule has 0 unspecified atom stereocenters. The minimum absolute atomic E-state index is 0.262. The molecule has 0 saturated carbocycles. The minimum Gasteiger partial charge on any atom is -0.481 e. The zero-order valence-electron chi connectivity index (χ0n) is 21.4. The molecule has 0 aliphatic rings. The fraction of sp³-hybridized carbons (Fsp3) is 0.520. The fourth-order valence-corrected chi connectivity index (χ4v) is 2.35. The summed E-state index contributed by atoms with van der Waals surface area (Å²) in [5, 5.41) is 17.9. The summed E-state index contributed by atoms with van der Waals surface area (Å²) < 4.78 is 0. The first-order valence-corrected chi connectivity index (χ1v) is 11.3. The zero-order chi connectivity index (χ0) is 25.9. The molecule has 8 heteroatoms. The second-order valence-electron chi connectivity index (χ2n) is 6.57. The summed E-state index contributed by atoms with van der Waals surface area (Å²) in [7, 11) is 5.65. The molecule has 33 heavy (non-hydrogen) atoms. The van der Waals surface area contributed by atoms with Gasteiger partial charge in [-0.05, 0) is 70.9 Å². The number of carbonyl (C=O) groups excluding carboxylic acids is 1. The number of aliphatic carboxylic acids is 1. The van der Waals surface area contributed by atoms with Gasteiger partial charge in [-0.1, -0.05) is 32.9 Å². The van der Waals surface area contributed by atoms with E-state index in [1.165, 1.54) is 5.56 Å². The number of anilines is 1. The smallest absolute Gasteiger partial charge is 0.303 e. The van der Waals surface area contributed by atoms with Gasteiger partial charge in [0.2, 0.25) is 6.41 Å². The van der Waals surface area contributed by atoms with E-state index in [1.54, 1.807) is 6.08 Å². The lowest BCUT2D eigenvalue weighted by Gasteiger charge is -2.09. The highest BCUT2D eigenvalue weighted by Crippen LogP contribution is 2.26. The van der Waals surface area contributed by atoms with Crippen LogP contribution in [0.15, 0.2) is 40.8 Å². The average Bonchev–Trinajstić information content (AvgIpc) is 2.82. The van der Waals surface area contributed by atoms with E-state index in [9.17, 15) is 4.79 Å². The number of hydrogen-bond acceptors (Lipinski definition) is 6. The van der Waals surface area contributed by atoms with Gasteiger partial charge in [-0.25, -0.2) is 4.99 Å². The van der Waals surface area contributed by atoms with Crippen LogP contribution in [0.5, 0.6) is 0 Å². The van der Waals surface area contributed by atoms with Gasteiger partial charge >= 0.3 is 5.97 Å². The number of unbranched alkanes of at least 4 members (excludes halogenated alkanes) is 2. The lowest BCUT2D eigenvalue weighted by atomic mass is 10.1. The van der Waals surface area contributed by atoms with Gasteiger partial charge in [-0.3, -0.25) is 14.6 Å². The van der Waals surface area contributed by atoms with Crippen LogP contribution in [-0.4, -0.2) is 64.1 Å². The highest BCUT2D eigenvalue weighted by molar-refractivity contribution is 5.97. The molecule has 0 fully saturated rings. The van der Waals surface area contributed by atoms with Crippen LogP contribution in [0, 0.1) is 6.92 Å². The Balaban J connectivity index is -0.000000861. The van der Waals surface area contributed by atoms with E-state index in [-0.39, 0.29) is 6.42 Å². The first-order valence-electron chi connectivity index (χ1n) is 11.3. The molecule has 1 rings (SSSR count). The quantitative estimate of drug-likeness (QED) is 0.193. The average molecular weight is 464 g/mol. The lowest BCUT2D eigenvalue weighted by molar-refractivity contribution is -0.137. The van der Waals surface area contributed by atoms with E-state index < -0.39 is 5.97 Å². The van der Waals surface area contributed by atoms with Crippen molar-refractivity contribution in [2.24, 2.45) is 9.98 Å². The molecule has 0 atom stereocenters. The SMILES string of the molecule is C=CC(CCNCCCCCC(=O)O)=Nc1ccc(C)cc1NC.C=NC=O.CC.CNC. The molecule has 188 valence electrons. The van der Waals surface area contributed by atoms with Gasteiger partial charge in [0.05, 0.1) is 11.4 Å². The van der Waals surface area contributed by atoms with Crippen molar-refractivity contribution in [3.63, 3.8) is 0 Å². The highest BCUT2D eigenvalue weighted by atomic mass is 16.4. The van der Waals surface area contributed by atoms with Crippen molar-refractivity contribution < 1.29 is 14.7 Å². The Labute approximate surface area is 200 Å². The topological polar surface area (TPSA) is 115 Å². The van der Waals surface area contributed by atoms with Crippen LogP contribution in [0.25, 0.3) is 0 Å². The maximum Gasteiger partial charge on any atom is 0.303 e. The number of carboxylic acids is 1. The largest absolute Gasteiger partial charge is 0.481 e. The Morgan fingerprint density at radius 1 is 1.09 bits per heavy atom. The molecule has 0 spiro atoms. The summed E-state index contributed by atoms with van der Waals surface area (Å²) in [4.78, 5) is 26.9. The van der Waals surface area contributed by atoms with Gasteiger partial charge in [-0.2, -0.15) is 0 Å². The van der Waals surface area contributed by atoms with E-state index in [0.717, 1.165) is 55.9 Å². The van der Waals surface area contributed by atoms with E-state index in [4.69, 9.17) is 9.90 Å². The number of amides is 1. The summed E-state index contributed by atoms with van der Waals surface area (Å²) in [5.74, 6) is -0.716. The van der Waals surface area contributed by atoms with Crippen LogP contribution in [-0.2, 0) is 9.59 Å².